The Labute approximate surface area is 133 Å². The fourth-order valence-corrected chi connectivity index (χ4v) is 2.32. The highest BCUT2D eigenvalue weighted by molar-refractivity contribution is 9.10. The van der Waals surface area contributed by atoms with Crippen molar-refractivity contribution in [1.82, 2.24) is 5.32 Å². The molecule has 5 heteroatoms. The van der Waals surface area contributed by atoms with E-state index in [1.165, 1.54) is 0 Å². The van der Waals surface area contributed by atoms with Gasteiger partial charge < -0.3 is 19.2 Å². The molecule has 0 fully saturated rings. The summed E-state index contributed by atoms with van der Waals surface area (Å²) in [4.78, 5) is 0. The summed E-state index contributed by atoms with van der Waals surface area (Å²) < 4.78 is 17.4. The third kappa shape index (κ3) is 5.53. The van der Waals surface area contributed by atoms with Crippen LogP contribution in [0, 0.1) is 0 Å². The fraction of sp³-hybridized carbons (Fsp3) is 0.375. The number of nitrogens with one attached hydrogen (secondary N) is 1. The van der Waals surface area contributed by atoms with Gasteiger partial charge in [0.1, 0.15) is 18.1 Å². The van der Waals surface area contributed by atoms with Crippen LogP contribution in [0.25, 0.3) is 0 Å². The van der Waals surface area contributed by atoms with Gasteiger partial charge in [-0.05, 0) is 37.3 Å². The molecule has 114 valence electrons. The number of halogens is 1. The smallest absolute Gasteiger partial charge is 0.123 e. The second-order valence-corrected chi connectivity index (χ2v) is 5.40. The molecule has 0 unspecified atom stereocenters. The van der Waals surface area contributed by atoms with Gasteiger partial charge in [0.15, 0.2) is 0 Å². The van der Waals surface area contributed by atoms with E-state index < -0.39 is 0 Å². The molecule has 0 saturated heterocycles. The van der Waals surface area contributed by atoms with Crippen molar-refractivity contribution >= 4 is 15.9 Å². The average molecular weight is 354 g/mol. The molecule has 2 aromatic rings. The molecule has 0 radical (unpaired) electrons. The van der Waals surface area contributed by atoms with Crippen LogP contribution >= 0.6 is 15.9 Å². The Balaban J connectivity index is 1.88. The quantitative estimate of drug-likeness (QED) is 0.697. The lowest BCUT2D eigenvalue weighted by Crippen LogP contribution is -2.14. The van der Waals surface area contributed by atoms with E-state index >= 15 is 0 Å². The normalized spacial score (nSPS) is 10.8. The standard InChI is InChI=1S/C16H20BrNO3/c1-2-19-8-9-21-16-6-5-14(17)10-13(16)11-18-12-15-4-3-7-20-15/h3-7,10,18H,2,8-9,11-12H2,1H3. The summed E-state index contributed by atoms with van der Waals surface area (Å²) in [5.41, 5.74) is 1.10. The molecule has 1 aromatic carbocycles. The number of furan rings is 1. The van der Waals surface area contributed by atoms with Crippen LogP contribution in [-0.4, -0.2) is 19.8 Å². The maximum atomic E-state index is 5.77. The molecule has 0 atom stereocenters. The monoisotopic (exact) mass is 353 g/mol. The fourth-order valence-electron chi connectivity index (χ4n) is 1.92. The maximum Gasteiger partial charge on any atom is 0.123 e. The van der Waals surface area contributed by atoms with Crippen molar-refractivity contribution in [2.24, 2.45) is 0 Å². The summed E-state index contributed by atoms with van der Waals surface area (Å²) in [6.07, 6.45) is 1.68. The Morgan fingerprint density at radius 3 is 2.86 bits per heavy atom. The van der Waals surface area contributed by atoms with Crippen molar-refractivity contribution in [2.45, 2.75) is 20.0 Å². The third-order valence-corrected chi connectivity index (χ3v) is 3.40. The van der Waals surface area contributed by atoms with E-state index in [1.54, 1.807) is 6.26 Å². The summed E-state index contributed by atoms with van der Waals surface area (Å²) in [5, 5.41) is 3.35. The molecule has 0 saturated carbocycles. The first-order valence-corrected chi connectivity index (χ1v) is 7.81. The number of benzene rings is 1. The Kier molecular flexibility index (Phi) is 6.79. The highest BCUT2D eigenvalue weighted by Crippen LogP contribution is 2.23. The van der Waals surface area contributed by atoms with Crippen molar-refractivity contribution in [3.05, 3.63) is 52.4 Å². The molecule has 1 aromatic heterocycles. The second kappa shape index (κ2) is 8.87. The molecule has 4 nitrogen and oxygen atoms in total. The summed E-state index contributed by atoms with van der Waals surface area (Å²) in [7, 11) is 0. The van der Waals surface area contributed by atoms with Gasteiger partial charge in [-0.2, -0.15) is 0 Å². The lowest BCUT2D eigenvalue weighted by molar-refractivity contribution is 0.110. The first kappa shape index (κ1) is 16.1. The van der Waals surface area contributed by atoms with E-state index in [4.69, 9.17) is 13.9 Å². The van der Waals surface area contributed by atoms with Gasteiger partial charge in [0.2, 0.25) is 0 Å². The third-order valence-electron chi connectivity index (χ3n) is 2.91. The SMILES string of the molecule is CCOCCOc1ccc(Br)cc1CNCc1ccco1. The van der Waals surface area contributed by atoms with Crippen LogP contribution < -0.4 is 10.1 Å². The van der Waals surface area contributed by atoms with Crippen LogP contribution in [0.3, 0.4) is 0 Å². The summed E-state index contributed by atoms with van der Waals surface area (Å²) in [5.74, 6) is 1.80. The lowest BCUT2D eigenvalue weighted by atomic mass is 10.2. The molecule has 1 heterocycles. The van der Waals surface area contributed by atoms with Gasteiger partial charge in [-0.25, -0.2) is 0 Å². The highest BCUT2D eigenvalue weighted by atomic mass is 79.9. The summed E-state index contributed by atoms with van der Waals surface area (Å²) >= 11 is 3.49. The van der Waals surface area contributed by atoms with Gasteiger partial charge in [0, 0.05) is 23.2 Å². The molecular formula is C16H20BrNO3. The topological polar surface area (TPSA) is 43.6 Å². The number of hydrogen-bond donors (Lipinski definition) is 1. The minimum absolute atomic E-state index is 0.556. The zero-order valence-electron chi connectivity index (χ0n) is 12.1. The molecule has 0 aliphatic rings. The Bertz CT molecular complexity index is 528. The molecular weight excluding hydrogens is 334 g/mol. The maximum absolute atomic E-state index is 5.77. The minimum atomic E-state index is 0.556. The second-order valence-electron chi connectivity index (χ2n) is 4.48. The van der Waals surface area contributed by atoms with Gasteiger partial charge in [0.05, 0.1) is 19.4 Å². The van der Waals surface area contributed by atoms with Crippen molar-refractivity contribution in [3.63, 3.8) is 0 Å². The lowest BCUT2D eigenvalue weighted by Gasteiger charge is -2.12. The van der Waals surface area contributed by atoms with Crippen LogP contribution in [0.2, 0.25) is 0 Å². The van der Waals surface area contributed by atoms with E-state index in [2.05, 4.69) is 27.3 Å². The Morgan fingerprint density at radius 1 is 1.19 bits per heavy atom. The Morgan fingerprint density at radius 2 is 2.10 bits per heavy atom. The molecule has 2 rings (SSSR count). The predicted octanol–water partition coefficient (Wildman–Crippen LogP) is 3.75. The van der Waals surface area contributed by atoms with Crippen molar-refractivity contribution < 1.29 is 13.9 Å². The minimum Gasteiger partial charge on any atom is -0.491 e. The average Bonchev–Trinajstić information content (AvgIpc) is 2.99. The molecule has 0 aliphatic carbocycles. The van der Waals surface area contributed by atoms with E-state index in [0.717, 1.165) is 21.5 Å². The van der Waals surface area contributed by atoms with Crippen molar-refractivity contribution in [3.8, 4) is 5.75 Å². The number of hydrogen-bond acceptors (Lipinski definition) is 4. The summed E-state index contributed by atoms with van der Waals surface area (Å²) in [6, 6.07) is 9.85. The van der Waals surface area contributed by atoms with Crippen LogP contribution in [0.4, 0.5) is 0 Å². The molecule has 1 N–H and O–H groups in total. The molecule has 0 aliphatic heterocycles. The molecule has 0 spiro atoms. The number of rotatable bonds is 9. The van der Waals surface area contributed by atoms with Crippen LogP contribution in [0.5, 0.6) is 5.75 Å². The van der Waals surface area contributed by atoms with Crippen molar-refractivity contribution in [2.75, 3.05) is 19.8 Å². The predicted molar refractivity (Wildman–Crippen MR) is 85.4 cm³/mol. The Hall–Kier alpha value is -1.30. The first-order chi connectivity index (χ1) is 10.3. The molecule has 21 heavy (non-hydrogen) atoms. The van der Waals surface area contributed by atoms with Crippen LogP contribution in [0.15, 0.2) is 45.5 Å². The van der Waals surface area contributed by atoms with Gasteiger partial charge in [-0.1, -0.05) is 15.9 Å². The van der Waals surface area contributed by atoms with Crippen molar-refractivity contribution in [1.29, 1.82) is 0 Å². The van der Waals surface area contributed by atoms with E-state index in [1.807, 2.05) is 31.2 Å². The highest BCUT2D eigenvalue weighted by Gasteiger charge is 2.05. The van der Waals surface area contributed by atoms with Gasteiger partial charge in [-0.3, -0.25) is 0 Å². The zero-order valence-corrected chi connectivity index (χ0v) is 13.7. The first-order valence-electron chi connectivity index (χ1n) is 7.01. The largest absolute Gasteiger partial charge is 0.491 e. The molecule has 0 amide bonds. The van der Waals surface area contributed by atoms with Crippen LogP contribution in [0.1, 0.15) is 18.2 Å². The van der Waals surface area contributed by atoms with Gasteiger partial charge in [0.25, 0.3) is 0 Å². The molecule has 0 bridgehead atoms. The van der Waals surface area contributed by atoms with Gasteiger partial charge >= 0.3 is 0 Å². The van der Waals surface area contributed by atoms with E-state index in [-0.39, 0.29) is 0 Å². The van der Waals surface area contributed by atoms with Crippen LogP contribution in [-0.2, 0) is 17.8 Å². The summed E-state index contributed by atoms with van der Waals surface area (Å²) in [6.45, 7) is 5.25. The zero-order chi connectivity index (χ0) is 14.9. The van der Waals surface area contributed by atoms with E-state index in [0.29, 0.717) is 32.9 Å². The van der Waals surface area contributed by atoms with E-state index in [9.17, 15) is 0 Å². The van der Waals surface area contributed by atoms with Gasteiger partial charge in [-0.15, -0.1) is 0 Å². The number of ether oxygens (including phenoxy) is 2.